The van der Waals surface area contributed by atoms with Crippen molar-refractivity contribution < 1.29 is 19.4 Å². The minimum Gasteiger partial charge on any atom is -0.479 e. The van der Waals surface area contributed by atoms with E-state index >= 15 is 0 Å². The number of ether oxygens (including phenoxy) is 1. The van der Waals surface area contributed by atoms with Gasteiger partial charge in [-0.2, -0.15) is 0 Å². The number of hydrogen-bond donors (Lipinski definition) is 1. The molecule has 1 unspecified atom stereocenters. The van der Waals surface area contributed by atoms with E-state index in [1.165, 1.54) is 0 Å². The van der Waals surface area contributed by atoms with Crippen molar-refractivity contribution in [1.29, 1.82) is 0 Å². The molecule has 188 valence electrons. The normalized spacial score (nSPS) is 14.3. The Kier molecular flexibility index (Phi) is 7.01. The van der Waals surface area contributed by atoms with Crippen LogP contribution in [0.1, 0.15) is 71.6 Å². The number of anilines is 1. The first-order valence-corrected chi connectivity index (χ1v) is 12.4. The van der Waals surface area contributed by atoms with E-state index in [9.17, 15) is 14.7 Å². The molecular weight excluding hydrogens is 452 g/mol. The third-order valence-electron chi connectivity index (χ3n) is 6.58. The van der Waals surface area contributed by atoms with E-state index in [1.807, 2.05) is 71.9 Å². The van der Waals surface area contributed by atoms with Gasteiger partial charge in [-0.3, -0.25) is 9.69 Å². The van der Waals surface area contributed by atoms with Crippen LogP contribution < -0.4 is 4.90 Å². The number of nitrogens with zero attached hydrogens (tertiary/aromatic N) is 2. The lowest BCUT2D eigenvalue weighted by molar-refractivity contribution is -0.160. The number of fused-ring (bicyclic) bond motifs is 1. The Balaban J connectivity index is 1.99. The van der Waals surface area contributed by atoms with Crippen molar-refractivity contribution in [3.05, 3.63) is 82.0 Å². The summed E-state index contributed by atoms with van der Waals surface area (Å²) in [4.78, 5) is 32.8. The molecule has 3 aromatic rings. The molecule has 0 saturated heterocycles. The van der Waals surface area contributed by atoms with Crippen LogP contribution in [0.15, 0.2) is 48.5 Å². The van der Waals surface area contributed by atoms with E-state index in [2.05, 4.69) is 6.07 Å². The van der Waals surface area contributed by atoms with Gasteiger partial charge in [0.15, 0.2) is 6.10 Å². The molecule has 1 aromatic heterocycles. The Morgan fingerprint density at radius 1 is 1.03 bits per heavy atom. The van der Waals surface area contributed by atoms with Gasteiger partial charge >= 0.3 is 5.97 Å². The number of aromatic nitrogens is 1. The first-order valence-electron chi connectivity index (χ1n) is 12.4. The van der Waals surface area contributed by atoms with Gasteiger partial charge in [0.25, 0.3) is 5.91 Å². The Morgan fingerprint density at radius 2 is 1.72 bits per heavy atom. The summed E-state index contributed by atoms with van der Waals surface area (Å²) < 4.78 is 6.17. The average molecular weight is 487 g/mol. The van der Waals surface area contributed by atoms with Gasteiger partial charge in [0.2, 0.25) is 0 Å². The molecule has 1 amide bonds. The number of benzene rings is 2. The minimum absolute atomic E-state index is 0.142. The van der Waals surface area contributed by atoms with E-state index in [0.29, 0.717) is 42.0 Å². The molecule has 0 saturated carbocycles. The zero-order valence-electron chi connectivity index (χ0n) is 21.9. The lowest BCUT2D eigenvalue weighted by Gasteiger charge is -2.34. The van der Waals surface area contributed by atoms with Crippen molar-refractivity contribution in [2.45, 2.75) is 66.1 Å². The van der Waals surface area contributed by atoms with Crippen molar-refractivity contribution in [3.8, 4) is 11.1 Å². The molecule has 6 nitrogen and oxygen atoms in total. The predicted octanol–water partition coefficient (Wildman–Crippen LogP) is 6.21. The smallest absolute Gasteiger partial charge is 0.337 e. The highest BCUT2D eigenvalue weighted by Crippen LogP contribution is 2.43. The molecule has 2 aromatic carbocycles. The molecule has 0 radical (unpaired) electrons. The van der Waals surface area contributed by atoms with Crippen molar-refractivity contribution in [2.75, 3.05) is 11.4 Å². The van der Waals surface area contributed by atoms with E-state index in [0.717, 1.165) is 27.8 Å². The monoisotopic (exact) mass is 486 g/mol. The van der Waals surface area contributed by atoms with Crippen LogP contribution in [0, 0.1) is 20.8 Å². The van der Waals surface area contributed by atoms with Crippen LogP contribution in [0.3, 0.4) is 0 Å². The highest BCUT2D eigenvalue weighted by Gasteiger charge is 2.37. The predicted molar refractivity (Wildman–Crippen MR) is 142 cm³/mol. The summed E-state index contributed by atoms with van der Waals surface area (Å²) in [6, 6.07) is 15.2. The Morgan fingerprint density at radius 3 is 2.33 bits per heavy atom. The third kappa shape index (κ3) is 5.05. The van der Waals surface area contributed by atoms with Crippen LogP contribution in [0.2, 0.25) is 0 Å². The zero-order chi connectivity index (χ0) is 26.2. The molecule has 6 heteroatoms. The number of aliphatic carboxylic acids is 1. The maximum atomic E-state index is 13.5. The maximum Gasteiger partial charge on any atom is 0.337 e. The Labute approximate surface area is 212 Å². The van der Waals surface area contributed by atoms with Gasteiger partial charge in [-0.1, -0.05) is 36.4 Å². The second-order valence-electron chi connectivity index (χ2n) is 10.5. The van der Waals surface area contributed by atoms with E-state index < -0.39 is 17.7 Å². The standard InChI is InChI=1S/C30H34N2O4/c1-18-14-15-22(17-19(18)2)24-20(3)31-27-23(25(24)26(29(34)35)36-30(4,5)6)13-10-16-32(27)28(33)21-11-8-7-9-12-21/h7-9,11-12,14-15,17,26H,10,13,16H2,1-6H3,(H,34,35). The van der Waals surface area contributed by atoms with Gasteiger partial charge in [0.05, 0.1) is 5.60 Å². The summed E-state index contributed by atoms with van der Waals surface area (Å²) in [5.41, 5.74) is 5.84. The quantitative estimate of drug-likeness (QED) is 0.464. The summed E-state index contributed by atoms with van der Waals surface area (Å²) in [7, 11) is 0. The summed E-state index contributed by atoms with van der Waals surface area (Å²) in [5, 5.41) is 10.4. The molecule has 0 spiro atoms. The number of aryl methyl sites for hydroxylation is 3. The lowest BCUT2D eigenvalue weighted by atomic mass is 9.86. The van der Waals surface area contributed by atoms with Crippen LogP contribution >= 0.6 is 0 Å². The van der Waals surface area contributed by atoms with Crippen molar-refractivity contribution in [3.63, 3.8) is 0 Å². The largest absolute Gasteiger partial charge is 0.479 e. The number of pyridine rings is 1. The van der Waals surface area contributed by atoms with Crippen molar-refractivity contribution in [1.82, 2.24) is 4.98 Å². The van der Waals surface area contributed by atoms with Crippen LogP contribution in [0.25, 0.3) is 11.1 Å². The fraction of sp³-hybridized carbons (Fsp3) is 0.367. The molecule has 1 aliphatic heterocycles. The lowest BCUT2D eigenvalue weighted by Crippen LogP contribution is -2.38. The van der Waals surface area contributed by atoms with E-state index in [1.54, 1.807) is 17.0 Å². The van der Waals surface area contributed by atoms with E-state index in [4.69, 9.17) is 9.72 Å². The molecule has 1 aliphatic rings. The molecule has 0 fully saturated rings. The molecule has 2 heterocycles. The zero-order valence-corrected chi connectivity index (χ0v) is 21.9. The highest BCUT2D eigenvalue weighted by atomic mass is 16.5. The number of hydrogen-bond acceptors (Lipinski definition) is 4. The maximum absolute atomic E-state index is 13.5. The fourth-order valence-electron chi connectivity index (χ4n) is 4.81. The van der Waals surface area contributed by atoms with Crippen molar-refractivity contribution in [2.24, 2.45) is 0 Å². The minimum atomic E-state index is -1.20. The van der Waals surface area contributed by atoms with Gasteiger partial charge < -0.3 is 9.84 Å². The van der Waals surface area contributed by atoms with Crippen molar-refractivity contribution >= 4 is 17.7 Å². The SMILES string of the molecule is Cc1ccc(-c2c(C)nc3c(c2C(OC(C)(C)C)C(=O)O)CCCN3C(=O)c2ccccc2)cc1C. The van der Waals surface area contributed by atoms with E-state index in [-0.39, 0.29) is 5.91 Å². The molecule has 0 aliphatic carbocycles. The number of carbonyl (C=O) groups is 2. The highest BCUT2D eigenvalue weighted by molar-refractivity contribution is 6.06. The molecular formula is C30H34N2O4. The Bertz CT molecular complexity index is 1310. The molecule has 1 atom stereocenters. The summed E-state index contributed by atoms with van der Waals surface area (Å²) in [6.07, 6.45) is 0.118. The number of carboxylic acids is 1. The molecule has 1 N–H and O–H groups in total. The Hall–Kier alpha value is -3.51. The number of rotatable bonds is 5. The van der Waals surface area contributed by atoms with Crippen LogP contribution in [-0.4, -0.2) is 34.1 Å². The molecule has 36 heavy (non-hydrogen) atoms. The van der Waals surface area contributed by atoms with Gasteiger partial charge in [0.1, 0.15) is 5.82 Å². The van der Waals surface area contributed by atoms with Gasteiger partial charge in [-0.25, -0.2) is 9.78 Å². The summed E-state index contributed by atoms with van der Waals surface area (Å²) in [6.45, 7) is 12.0. The molecule has 0 bridgehead atoms. The summed E-state index contributed by atoms with van der Waals surface area (Å²) >= 11 is 0. The van der Waals surface area contributed by atoms with Gasteiger partial charge in [-0.05, 0) is 83.2 Å². The first kappa shape index (κ1) is 25.6. The fourth-order valence-corrected chi connectivity index (χ4v) is 4.81. The average Bonchev–Trinajstić information content (AvgIpc) is 2.83. The summed E-state index contributed by atoms with van der Waals surface area (Å²) in [5.74, 6) is -0.676. The number of carboxylic acid groups (broad SMARTS) is 1. The molecule has 4 rings (SSSR count). The number of amides is 1. The van der Waals surface area contributed by atoms with Crippen LogP contribution in [0.4, 0.5) is 5.82 Å². The second kappa shape index (κ2) is 9.86. The first-order chi connectivity index (χ1) is 17.0. The van der Waals surface area contributed by atoms with Gasteiger partial charge in [-0.15, -0.1) is 0 Å². The second-order valence-corrected chi connectivity index (χ2v) is 10.5. The van der Waals surface area contributed by atoms with Gasteiger partial charge in [0, 0.05) is 34.5 Å². The van der Waals surface area contributed by atoms with Crippen LogP contribution in [0.5, 0.6) is 0 Å². The topological polar surface area (TPSA) is 79.7 Å². The van der Waals surface area contributed by atoms with Crippen LogP contribution in [-0.2, 0) is 16.0 Å². The number of carbonyl (C=O) groups excluding carboxylic acids is 1. The third-order valence-corrected chi connectivity index (χ3v) is 6.58.